The largest absolute Gasteiger partial charge is 0.480 e. The molecule has 1 N–H and O–H groups in total. The number of hydrogen-bond acceptors (Lipinski definition) is 3. The zero-order valence-electron chi connectivity index (χ0n) is 8.31. The fraction of sp³-hybridized carbons (Fsp3) is 0.625. The average Bonchev–Trinajstić information content (AvgIpc) is 2.11. The SMILES string of the molecule is C=C(F)COC(C)(F)C(F)(F)OCC(=O)O. The number of rotatable bonds is 7. The summed E-state index contributed by atoms with van der Waals surface area (Å²) in [4.78, 5) is 9.94. The first-order valence-corrected chi connectivity index (χ1v) is 3.98. The molecule has 0 radical (unpaired) electrons. The maximum absolute atomic E-state index is 13.2. The minimum Gasteiger partial charge on any atom is -0.480 e. The molecular weight excluding hydrogens is 236 g/mol. The molecule has 0 saturated carbocycles. The van der Waals surface area contributed by atoms with Crippen LogP contribution in [0.1, 0.15) is 6.92 Å². The Morgan fingerprint density at radius 3 is 2.19 bits per heavy atom. The van der Waals surface area contributed by atoms with Gasteiger partial charge in [0, 0.05) is 6.92 Å². The first-order chi connectivity index (χ1) is 7.08. The Morgan fingerprint density at radius 2 is 1.81 bits per heavy atom. The summed E-state index contributed by atoms with van der Waals surface area (Å²) in [5, 5.41) is 8.06. The summed E-state index contributed by atoms with van der Waals surface area (Å²) in [5.74, 6) is -6.51. The summed E-state index contributed by atoms with van der Waals surface area (Å²) in [5.41, 5.74) is 0. The van der Waals surface area contributed by atoms with Crippen LogP contribution in [-0.2, 0) is 14.3 Å². The van der Waals surface area contributed by atoms with Crippen LogP contribution in [0.25, 0.3) is 0 Å². The molecule has 0 saturated heterocycles. The van der Waals surface area contributed by atoms with Crippen molar-refractivity contribution in [2.45, 2.75) is 18.9 Å². The van der Waals surface area contributed by atoms with E-state index < -0.39 is 37.0 Å². The van der Waals surface area contributed by atoms with Gasteiger partial charge in [-0.25, -0.2) is 13.6 Å². The molecule has 1 unspecified atom stereocenters. The number of carboxylic acids is 1. The molecule has 0 aliphatic carbocycles. The summed E-state index contributed by atoms with van der Waals surface area (Å²) in [6.45, 7) is 0.471. The van der Waals surface area contributed by atoms with Gasteiger partial charge in [-0.1, -0.05) is 6.58 Å². The molecule has 0 aliphatic heterocycles. The molecule has 8 heteroatoms. The summed E-state index contributed by atoms with van der Waals surface area (Å²) in [7, 11) is 0. The van der Waals surface area contributed by atoms with E-state index in [1.807, 2.05) is 0 Å². The number of carbonyl (C=O) groups is 1. The van der Waals surface area contributed by atoms with Crippen molar-refractivity contribution in [2.24, 2.45) is 0 Å². The van der Waals surface area contributed by atoms with Gasteiger partial charge in [-0.3, -0.25) is 0 Å². The Bertz CT molecular complexity index is 249. The lowest BCUT2D eigenvalue weighted by Crippen LogP contribution is -2.47. The van der Waals surface area contributed by atoms with Crippen molar-refractivity contribution in [2.75, 3.05) is 13.2 Å². The van der Waals surface area contributed by atoms with E-state index in [2.05, 4.69) is 16.1 Å². The van der Waals surface area contributed by atoms with Crippen molar-refractivity contribution in [3.05, 3.63) is 12.4 Å². The molecular formula is C8H10F4O4. The first kappa shape index (κ1) is 14.8. The lowest BCUT2D eigenvalue weighted by atomic mass is 10.3. The van der Waals surface area contributed by atoms with Gasteiger partial charge in [0.15, 0.2) is 6.61 Å². The van der Waals surface area contributed by atoms with Crippen molar-refractivity contribution >= 4 is 5.97 Å². The zero-order chi connectivity index (χ0) is 13.0. The second-order valence-corrected chi connectivity index (χ2v) is 2.92. The second-order valence-electron chi connectivity index (χ2n) is 2.92. The van der Waals surface area contributed by atoms with Crippen LogP contribution in [0, 0.1) is 0 Å². The Balaban J connectivity index is 4.44. The van der Waals surface area contributed by atoms with Gasteiger partial charge < -0.3 is 14.6 Å². The Labute approximate surface area is 88.4 Å². The molecule has 0 amide bonds. The normalized spacial score (nSPS) is 15.6. The van der Waals surface area contributed by atoms with Gasteiger partial charge in [0.2, 0.25) is 0 Å². The smallest absolute Gasteiger partial charge is 0.414 e. The van der Waals surface area contributed by atoms with Crippen molar-refractivity contribution in [3.8, 4) is 0 Å². The standard InChI is InChI=1S/C8H10F4O4/c1-5(9)3-15-7(2,10)8(11,12)16-4-6(13)14/h1,3-4H2,2H3,(H,13,14). The third-order valence-corrected chi connectivity index (χ3v) is 1.40. The van der Waals surface area contributed by atoms with Gasteiger partial charge >= 0.3 is 12.1 Å². The van der Waals surface area contributed by atoms with Crippen LogP contribution in [0.5, 0.6) is 0 Å². The van der Waals surface area contributed by atoms with Crippen LogP contribution in [0.4, 0.5) is 17.6 Å². The summed E-state index contributed by atoms with van der Waals surface area (Å²) in [6, 6.07) is 0. The van der Waals surface area contributed by atoms with Crippen LogP contribution in [0.3, 0.4) is 0 Å². The molecule has 0 spiro atoms. The number of alkyl halides is 3. The molecule has 0 aromatic heterocycles. The topological polar surface area (TPSA) is 55.8 Å². The van der Waals surface area contributed by atoms with Crippen LogP contribution >= 0.6 is 0 Å². The summed E-state index contributed by atoms with van der Waals surface area (Å²) in [6.07, 6.45) is -4.51. The van der Waals surface area contributed by atoms with Gasteiger partial charge in [0.1, 0.15) is 12.4 Å². The number of hydrogen-bond donors (Lipinski definition) is 1. The number of ether oxygens (including phenoxy) is 2. The van der Waals surface area contributed by atoms with E-state index in [1.165, 1.54) is 0 Å². The highest BCUT2D eigenvalue weighted by Crippen LogP contribution is 2.34. The molecule has 4 nitrogen and oxygen atoms in total. The minimum absolute atomic E-state index is 0.289. The summed E-state index contributed by atoms with van der Waals surface area (Å²) >= 11 is 0. The average molecular weight is 246 g/mol. The lowest BCUT2D eigenvalue weighted by Gasteiger charge is -2.28. The number of carboxylic acid groups (broad SMARTS) is 1. The van der Waals surface area contributed by atoms with Gasteiger partial charge in [0.25, 0.3) is 5.85 Å². The Hall–Kier alpha value is -1.15. The van der Waals surface area contributed by atoms with E-state index in [0.29, 0.717) is 0 Å². The molecule has 0 heterocycles. The predicted molar refractivity (Wildman–Crippen MR) is 44.2 cm³/mol. The minimum atomic E-state index is -4.51. The van der Waals surface area contributed by atoms with Crippen LogP contribution < -0.4 is 0 Å². The molecule has 94 valence electrons. The van der Waals surface area contributed by atoms with Gasteiger partial charge in [-0.05, 0) is 0 Å². The van der Waals surface area contributed by atoms with E-state index in [4.69, 9.17) is 5.11 Å². The highest BCUT2D eigenvalue weighted by Gasteiger charge is 2.54. The quantitative estimate of drug-likeness (QED) is 0.696. The van der Waals surface area contributed by atoms with Gasteiger partial charge in [-0.15, -0.1) is 0 Å². The molecule has 16 heavy (non-hydrogen) atoms. The second kappa shape index (κ2) is 5.26. The van der Waals surface area contributed by atoms with Crippen molar-refractivity contribution in [1.82, 2.24) is 0 Å². The predicted octanol–water partition coefficient (Wildman–Crippen LogP) is 1.87. The zero-order valence-corrected chi connectivity index (χ0v) is 8.31. The highest BCUT2D eigenvalue weighted by molar-refractivity contribution is 5.68. The Kier molecular flexibility index (Phi) is 4.88. The third-order valence-electron chi connectivity index (χ3n) is 1.40. The van der Waals surface area contributed by atoms with Gasteiger partial charge in [0.05, 0.1) is 0 Å². The molecule has 1 atom stereocenters. The summed E-state index contributed by atoms with van der Waals surface area (Å²) < 4.78 is 58.4. The molecule has 0 aliphatic rings. The van der Waals surface area contributed by atoms with Gasteiger partial charge in [-0.2, -0.15) is 8.78 Å². The Morgan fingerprint density at radius 1 is 1.31 bits per heavy atom. The first-order valence-electron chi connectivity index (χ1n) is 3.98. The monoisotopic (exact) mass is 246 g/mol. The van der Waals surface area contributed by atoms with Crippen LogP contribution in [-0.4, -0.2) is 36.3 Å². The molecule has 0 bridgehead atoms. The molecule has 0 aromatic carbocycles. The van der Waals surface area contributed by atoms with Crippen molar-refractivity contribution < 1.29 is 36.9 Å². The van der Waals surface area contributed by atoms with E-state index in [-0.39, 0.29) is 6.92 Å². The van der Waals surface area contributed by atoms with E-state index >= 15 is 0 Å². The van der Waals surface area contributed by atoms with E-state index in [0.717, 1.165) is 0 Å². The van der Waals surface area contributed by atoms with Crippen molar-refractivity contribution in [1.29, 1.82) is 0 Å². The molecule has 0 rings (SSSR count). The van der Waals surface area contributed by atoms with Crippen LogP contribution in [0.2, 0.25) is 0 Å². The fourth-order valence-corrected chi connectivity index (χ4v) is 0.579. The van der Waals surface area contributed by atoms with Crippen molar-refractivity contribution in [3.63, 3.8) is 0 Å². The highest BCUT2D eigenvalue weighted by atomic mass is 19.3. The van der Waals surface area contributed by atoms with E-state index in [1.54, 1.807) is 0 Å². The number of halogens is 4. The maximum atomic E-state index is 13.2. The molecule has 0 fully saturated rings. The number of aliphatic carboxylic acids is 1. The lowest BCUT2D eigenvalue weighted by molar-refractivity contribution is -0.373. The molecule has 0 aromatic rings. The van der Waals surface area contributed by atoms with E-state index in [9.17, 15) is 22.4 Å². The fourth-order valence-electron chi connectivity index (χ4n) is 0.579. The third kappa shape index (κ3) is 4.58. The van der Waals surface area contributed by atoms with Crippen LogP contribution in [0.15, 0.2) is 12.4 Å². The maximum Gasteiger partial charge on any atom is 0.414 e.